The van der Waals surface area contributed by atoms with Gasteiger partial charge >= 0.3 is 0 Å². The van der Waals surface area contributed by atoms with Gasteiger partial charge in [-0.2, -0.15) is 0 Å². The fourth-order valence-corrected chi connectivity index (χ4v) is 3.08. The minimum absolute atomic E-state index is 0.259. The summed E-state index contributed by atoms with van der Waals surface area (Å²) in [4.78, 5) is 4.35. The molecule has 21 heavy (non-hydrogen) atoms. The van der Waals surface area contributed by atoms with Gasteiger partial charge in [0.25, 0.3) is 0 Å². The van der Waals surface area contributed by atoms with Crippen molar-refractivity contribution in [2.75, 3.05) is 0 Å². The monoisotopic (exact) mass is 305 g/mol. The lowest BCUT2D eigenvalue weighted by molar-refractivity contribution is 0.539. The third-order valence-electron chi connectivity index (χ3n) is 3.29. The molecule has 0 saturated carbocycles. The summed E-state index contributed by atoms with van der Waals surface area (Å²) in [5.74, 6) is 4.41. The Bertz CT molecular complexity index is 752. The van der Waals surface area contributed by atoms with E-state index in [1.54, 1.807) is 17.5 Å². The predicted molar refractivity (Wildman–Crippen MR) is 79.7 cm³/mol. The number of hydrogen-bond acceptors (Lipinski definition) is 4. The molecular formula is C15H13F2N3S. The van der Waals surface area contributed by atoms with Crippen molar-refractivity contribution < 1.29 is 8.78 Å². The number of nitrogens with one attached hydrogen (secondary N) is 1. The normalized spacial score (nSPS) is 12.7. The van der Waals surface area contributed by atoms with E-state index in [4.69, 9.17) is 5.84 Å². The Balaban J connectivity index is 1.90. The van der Waals surface area contributed by atoms with E-state index < -0.39 is 11.6 Å². The zero-order chi connectivity index (χ0) is 14.8. The van der Waals surface area contributed by atoms with Crippen molar-refractivity contribution >= 4 is 21.6 Å². The molecule has 1 atom stereocenters. The maximum atomic E-state index is 13.2. The molecule has 3 N–H and O–H groups in total. The summed E-state index contributed by atoms with van der Waals surface area (Å²) in [6, 6.07) is 7.15. The molecule has 3 rings (SSSR count). The van der Waals surface area contributed by atoms with Crippen LogP contribution in [0.2, 0.25) is 0 Å². The Morgan fingerprint density at radius 2 is 1.95 bits per heavy atom. The topological polar surface area (TPSA) is 50.9 Å². The summed E-state index contributed by atoms with van der Waals surface area (Å²) < 4.78 is 27.6. The Hall–Kier alpha value is -1.89. The van der Waals surface area contributed by atoms with Gasteiger partial charge in [0, 0.05) is 12.3 Å². The summed E-state index contributed by atoms with van der Waals surface area (Å²) in [5, 5.41) is 1.97. The number of fused-ring (bicyclic) bond motifs is 1. The van der Waals surface area contributed by atoms with Crippen LogP contribution in [0.1, 0.15) is 17.2 Å². The van der Waals surface area contributed by atoms with Crippen molar-refractivity contribution in [1.29, 1.82) is 0 Å². The van der Waals surface area contributed by atoms with Crippen molar-refractivity contribution in [3.05, 3.63) is 64.7 Å². The molecule has 1 aromatic carbocycles. The molecule has 108 valence electrons. The lowest BCUT2D eigenvalue weighted by Gasteiger charge is -2.16. The second-order valence-electron chi connectivity index (χ2n) is 4.77. The fourth-order valence-electron chi connectivity index (χ4n) is 2.29. The highest BCUT2D eigenvalue weighted by molar-refractivity contribution is 7.17. The highest BCUT2D eigenvalue weighted by Gasteiger charge is 2.13. The van der Waals surface area contributed by atoms with E-state index in [0.717, 1.165) is 21.8 Å². The van der Waals surface area contributed by atoms with Crippen LogP contribution >= 0.6 is 11.3 Å². The smallest absolute Gasteiger partial charge is 0.126 e. The van der Waals surface area contributed by atoms with Crippen molar-refractivity contribution in [2.45, 2.75) is 12.5 Å². The van der Waals surface area contributed by atoms with Crippen LogP contribution in [0, 0.1) is 11.6 Å². The van der Waals surface area contributed by atoms with Crippen LogP contribution in [0.3, 0.4) is 0 Å². The van der Waals surface area contributed by atoms with Crippen molar-refractivity contribution in [2.24, 2.45) is 5.84 Å². The Morgan fingerprint density at radius 1 is 1.19 bits per heavy atom. The fraction of sp³-hybridized carbons (Fsp3) is 0.133. The molecule has 0 saturated heterocycles. The lowest BCUT2D eigenvalue weighted by atomic mass is 10.0. The minimum atomic E-state index is -0.590. The van der Waals surface area contributed by atoms with E-state index in [0.29, 0.717) is 12.0 Å². The zero-order valence-electron chi connectivity index (χ0n) is 11.0. The van der Waals surface area contributed by atoms with Gasteiger partial charge < -0.3 is 0 Å². The van der Waals surface area contributed by atoms with Gasteiger partial charge in [-0.15, -0.1) is 11.3 Å². The van der Waals surface area contributed by atoms with Gasteiger partial charge in [-0.1, -0.05) is 0 Å². The molecular weight excluding hydrogens is 292 g/mol. The molecule has 0 amide bonds. The largest absolute Gasteiger partial charge is 0.271 e. The number of aromatic nitrogens is 1. The van der Waals surface area contributed by atoms with Gasteiger partial charge in [0.1, 0.15) is 11.6 Å². The van der Waals surface area contributed by atoms with E-state index in [1.165, 1.54) is 12.1 Å². The van der Waals surface area contributed by atoms with Gasteiger partial charge in [-0.3, -0.25) is 16.3 Å². The van der Waals surface area contributed by atoms with Crippen LogP contribution in [0.15, 0.2) is 41.9 Å². The Morgan fingerprint density at radius 3 is 2.67 bits per heavy atom. The quantitative estimate of drug-likeness (QED) is 0.574. The van der Waals surface area contributed by atoms with Crippen LogP contribution < -0.4 is 11.3 Å². The molecule has 0 fully saturated rings. The number of thiophene rings is 1. The third-order valence-corrected chi connectivity index (χ3v) is 4.14. The first-order valence-corrected chi connectivity index (χ1v) is 7.28. The highest BCUT2D eigenvalue weighted by Crippen LogP contribution is 2.24. The van der Waals surface area contributed by atoms with Crippen LogP contribution in [0.25, 0.3) is 10.2 Å². The zero-order valence-corrected chi connectivity index (χ0v) is 11.8. The van der Waals surface area contributed by atoms with E-state index in [9.17, 15) is 8.78 Å². The molecule has 0 bridgehead atoms. The minimum Gasteiger partial charge on any atom is -0.271 e. The number of pyridine rings is 1. The first-order chi connectivity index (χ1) is 10.2. The number of nitrogens with zero attached hydrogens (tertiary/aromatic N) is 1. The summed E-state index contributed by atoms with van der Waals surface area (Å²) >= 11 is 1.59. The summed E-state index contributed by atoms with van der Waals surface area (Å²) in [5.41, 5.74) is 5.04. The first-order valence-electron chi connectivity index (χ1n) is 6.40. The lowest BCUT2D eigenvalue weighted by Crippen LogP contribution is -2.29. The van der Waals surface area contributed by atoms with Crippen molar-refractivity contribution in [3.8, 4) is 0 Å². The van der Waals surface area contributed by atoms with E-state index in [1.807, 2.05) is 17.5 Å². The number of nitrogens with two attached hydrogens (primary N) is 1. The molecule has 0 aliphatic heterocycles. The van der Waals surface area contributed by atoms with Gasteiger partial charge in [-0.25, -0.2) is 8.78 Å². The van der Waals surface area contributed by atoms with Crippen LogP contribution in [-0.2, 0) is 6.42 Å². The van der Waals surface area contributed by atoms with Crippen molar-refractivity contribution in [3.63, 3.8) is 0 Å². The average Bonchev–Trinajstić information content (AvgIpc) is 2.91. The van der Waals surface area contributed by atoms with Gasteiger partial charge in [0.15, 0.2) is 0 Å². The molecule has 1 unspecified atom stereocenters. The van der Waals surface area contributed by atoms with E-state index in [2.05, 4.69) is 10.4 Å². The third kappa shape index (κ3) is 3.07. The summed E-state index contributed by atoms with van der Waals surface area (Å²) in [6.07, 6.45) is 2.11. The van der Waals surface area contributed by atoms with Gasteiger partial charge in [-0.05, 0) is 47.2 Å². The number of hydrazine groups is 1. The number of benzene rings is 1. The van der Waals surface area contributed by atoms with Crippen LogP contribution in [0.4, 0.5) is 8.78 Å². The molecule has 2 aromatic heterocycles. The van der Waals surface area contributed by atoms with Crippen molar-refractivity contribution in [1.82, 2.24) is 10.4 Å². The average molecular weight is 305 g/mol. The predicted octanol–water partition coefficient (Wildman–Crippen LogP) is 3.32. The second-order valence-corrected chi connectivity index (χ2v) is 5.72. The molecule has 0 aliphatic rings. The number of halogens is 2. The molecule has 2 heterocycles. The molecule has 6 heteroatoms. The molecule has 0 aliphatic carbocycles. The maximum absolute atomic E-state index is 13.2. The molecule has 3 aromatic rings. The van der Waals surface area contributed by atoms with Crippen LogP contribution in [-0.4, -0.2) is 4.98 Å². The first kappa shape index (κ1) is 14.1. The molecule has 3 nitrogen and oxygen atoms in total. The second kappa shape index (κ2) is 5.85. The Kier molecular flexibility index (Phi) is 3.92. The van der Waals surface area contributed by atoms with Crippen LogP contribution in [0.5, 0.6) is 0 Å². The SMILES string of the molecule is NNC(Cc1cc(F)cc(F)c1)c1cnc2ccsc2c1. The summed E-state index contributed by atoms with van der Waals surface area (Å²) in [6.45, 7) is 0. The van der Waals surface area contributed by atoms with E-state index in [-0.39, 0.29) is 6.04 Å². The van der Waals surface area contributed by atoms with Gasteiger partial charge in [0.2, 0.25) is 0 Å². The Labute approximate surface area is 124 Å². The number of rotatable bonds is 4. The molecule has 0 radical (unpaired) electrons. The highest BCUT2D eigenvalue weighted by atomic mass is 32.1. The van der Waals surface area contributed by atoms with E-state index >= 15 is 0 Å². The maximum Gasteiger partial charge on any atom is 0.126 e. The number of hydrogen-bond donors (Lipinski definition) is 2. The van der Waals surface area contributed by atoms with Gasteiger partial charge in [0.05, 0.1) is 16.3 Å². The summed E-state index contributed by atoms with van der Waals surface area (Å²) in [7, 11) is 0. The molecule has 0 spiro atoms. The standard InChI is InChI=1S/C15H13F2N3S/c16-11-3-9(4-12(17)7-11)5-14(20-18)10-6-15-13(19-8-10)1-2-21-15/h1-4,6-8,14,20H,5,18H2.